The number of rotatable bonds is 5. The summed E-state index contributed by atoms with van der Waals surface area (Å²) >= 11 is 14.7. The summed E-state index contributed by atoms with van der Waals surface area (Å²) in [6, 6.07) is 8.40. The number of piperidine rings is 1. The number of nitrogens with one attached hydrogen (secondary N) is 1. The summed E-state index contributed by atoms with van der Waals surface area (Å²) in [5.41, 5.74) is 1.31. The summed E-state index contributed by atoms with van der Waals surface area (Å²) in [4.78, 5) is 17.2. The van der Waals surface area contributed by atoms with Crippen molar-refractivity contribution in [3.05, 3.63) is 51.1 Å². The molecule has 1 fully saturated rings. The summed E-state index contributed by atoms with van der Waals surface area (Å²) in [6.07, 6.45) is 1.25. The molecule has 158 valence electrons. The number of hydrogen-bond acceptors (Lipinski definition) is 6. The Morgan fingerprint density at radius 2 is 2.07 bits per heavy atom. The van der Waals surface area contributed by atoms with Crippen molar-refractivity contribution in [1.29, 1.82) is 0 Å². The van der Waals surface area contributed by atoms with Crippen LogP contribution in [0.4, 0.5) is 5.13 Å². The third-order valence-corrected chi connectivity index (χ3v) is 9.34. The lowest BCUT2D eigenvalue weighted by molar-refractivity contribution is -0.120. The van der Waals surface area contributed by atoms with Crippen molar-refractivity contribution >= 4 is 66.9 Å². The molecule has 1 aromatic carbocycles. The summed E-state index contributed by atoms with van der Waals surface area (Å²) in [7, 11) is -3.57. The van der Waals surface area contributed by atoms with Gasteiger partial charge >= 0.3 is 0 Å². The Bertz CT molecular complexity index is 1160. The molecule has 1 aliphatic heterocycles. The van der Waals surface area contributed by atoms with Gasteiger partial charge in [-0.05, 0) is 42.5 Å². The maximum Gasteiger partial charge on any atom is 0.252 e. The van der Waals surface area contributed by atoms with E-state index >= 15 is 0 Å². The summed E-state index contributed by atoms with van der Waals surface area (Å²) < 4.78 is 27.2. The van der Waals surface area contributed by atoms with Crippen LogP contribution in [0.2, 0.25) is 10.0 Å². The van der Waals surface area contributed by atoms with E-state index in [0.29, 0.717) is 50.0 Å². The van der Waals surface area contributed by atoms with E-state index in [4.69, 9.17) is 23.2 Å². The van der Waals surface area contributed by atoms with Crippen molar-refractivity contribution in [2.45, 2.75) is 17.1 Å². The van der Waals surface area contributed by atoms with Gasteiger partial charge in [-0.1, -0.05) is 29.3 Å². The number of benzene rings is 1. The third kappa shape index (κ3) is 4.56. The zero-order valence-electron chi connectivity index (χ0n) is 15.5. The van der Waals surface area contributed by atoms with E-state index in [1.807, 2.05) is 0 Å². The van der Waals surface area contributed by atoms with Crippen LogP contribution in [0.3, 0.4) is 0 Å². The maximum absolute atomic E-state index is 12.8. The molecule has 0 aliphatic carbocycles. The second-order valence-corrected chi connectivity index (χ2v) is 11.6. The molecule has 6 nitrogen and oxygen atoms in total. The largest absolute Gasteiger partial charge is 0.302 e. The topological polar surface area (TPSA) is 79.4 Å². The highest BCUT2D eigenvalue weighted by atomic mass is 35.5. The van der Waals surface area contributed by atoms with Gasteiger partial charge in [0, 0.05) is 29.1 Å². The van der Waals surface area contributed by atoms with Gasteiger partial charge in [-0.25, -0.2) is 13.4 Å². The minimum Gasteiger partial charge on any atom is -0.302 e. The average Bonchev–Trinajstić information content (AvgIpc) is 3.42. The normalized spacial score (nSPS) is 17.7. The van der Waals surface area contributed by atoms with Crippen LogP contribution in [0, 0.1) is 5.92 Å². The van der Waals surface area contributed by atoms with Crippen LogP contribution in [0.5, 0.6) is 0 Å². The first kappa shape index (κ1) is 21.7. The molecule has 1 saturated heterocycles. The molecule has 1 N–H and O–H groups in total. The number of carbonyl (C=O) groups is 1. The predicted molar refractivity (Wildman–Crippen MR) is 122 cm³/mol. The number of thiazole rings is 1. The summed E-state index contributed by atoms with van der Waals surface area (Å²) in [5, 5.41) is 7.83. The van der Waals surface area contributed by atoms with E-state index in [2.05, 4.69) is 10.3 Å². The Morgan fingerprint density at radius 1 is 1.23 bits per heavy atom. The van der Waals surface area contributed by atoms with Gasteiger partial charge in [-0.2, -0.15) is 4.31 Å². The van der Waals surface area contributed by atoms with Gasteiger partial charge in [0.2, 0.25) is 5.91 Å². The summed E-state index contributed by atoms with van der Waals surface area (Å²) in [6.45, 7) is 0.573. The molecule has 1 amide bonds. The molecular formula is C19H17Cl2N3O3S3. The van der Waals surface area contributed by atoms with Gasteiger partial charge in [0.05, 0.1) is 16.6 Å². The average molecular weight is 502 g/mol. The number of carbonyl (C=O) groups excluding carboxylic acids is 1. The Labute approximate surface area is 192 Å². The number of anilines is 1. The molecule has 2 aromatic heterocycles. The van der Waals surface area contributed by atoms with Gasteiger partial charge in [-0.3, -0.25) is 4.79 Å². The molecule has 1 aliphatic rings. The lowest BCUT2D eigenvalue weighted by atomic mass is 9.99. The Hall–Kier alpha value is -1.49. The van der Waals surface area contributed by atoms with E-state index in [-0.39, 0.29) is 12.5 Å². The lowest BCUT2D eigenvalue weighted by Crippen LogP contribution is -2.43. The highest BCUT2D eigenvalue weighted by Crippen LogP contribution is 2.33. The van der Waals surface area contributed by atoms with Gasteiger partial charge < -0.3 is 5.32 Å². The molecular weight excluding hydrogens is 485 g/mol. The van der Waals surface area contributed by atoms with Crippen LogP contribution in [0.25, 0.3) is 11.3 Å². The smallest absolute Gasteiger partial charge is 0.252 e. The molecule has 3 heterocycles. The second-order valence-electron chi connectivity index (χ2n) is 6.79. The summed E-state index contributed by atoms with van der Waals surface area (Å²) in [5.74, 6) is -0.672. The highest BCUT2D eigenvalue weighted by molar-refractivity contribution is 7.91. The van der Waals surface area contributed by atoms with Crippen LogP contribution in [0.1, 0.15) is 12.8 Å². The number of aromatic nitrogens is 1. The molecule has 0 bridgehead atoms. The number of halogens is 2. The zero-order valence-corrected chi connectivity index (χ0v) is 19.5. The van der Waals surface area contributed by atoms with E-state index in [1.165, 1.54) is 27.0 Å². The number of thiophene rings is 1. The molecule has 30 heavy (non-hydrogen) atoms. The molecule has 1 unspecified atom stereocenters. The highest BCUT2D eigenvalue weighted by Gasteiger charge is 2.34. The fourth-order valence-electron chi connectivity index (χ4n) is 3.27. The molecule has 0 radical (unpaired) electrons. The Balaban J connectivity index is 1.45. The first-order valence-electron chi connectivity index (χ1n) is 9.10. The minimum absolute atomic E-state index is 0.157. The lowest BCUT2D eigenvalue weighted by Gasteiger charge is -2.30. The fourth-order valence-corrected chi connectivity index (χ4v) is 7.04. The maximum atomic E-state index is 12.8. The predicted octanol–water partition coefficient (Wildman–Crippen LogP) is 5.22. The molecule has 1 atom stereocenters. The SMILES string of the molecule is O=C(Nc1nc(-c2cc(Cl)ccc2Cl)cs1)C1CCCN(S(=O)(=O)c2cccs2)C1. The van der Waals surface area contributed by atoms with E-state index in [1.54, 1.807) is 41.1 Å². The Morgan fingerprint density at radius 3 is 2.83 bits per heavy atom. The standard InChI is InChI=1S/C19H17Cl2N3O3S3/c20-13-5-6-15(21)14(9-13)16-11-29-19(22-16)23-18(25)12-3-1-7-24(10-12)30(26,27)17-4-2-8-28-17/h2,4-6,8-9,11-12H,1,3,7,10H2,(H,22,23,25). The van der Waals surface area contributed by atoms with Crippen LogP contribution in [-0.4, -0.2) is 36.7 Å². The van der Waals surface area contributed by atoms with Crippen LogP contribution in [0.15, 0.2) is 45.3 Å². The molecule has 4 rings (SSSR count). The molecule has 11 heteroatoms. The first-order chi connectivity index (χ1) is 14.3. The van der Waals surface area contributed by atoms with Crippen LogP contribution < -0.4 is 5.32 Å². The number of hydrogen-bond donors (Lipinski definition) is 1. The van der Waals surface area contributed by atoms with E-state index < -0.39 is 15.9 Å². The second kappa shape index (κ2) is 8.94. The number of sulfonamides is 1. The van der Waals surface area contributed by atoms with Gasteiger partial charge in [0.1, 0.15) is 4.21 Å². The van der Waals surface area contributed by atoms with Crippen molar-refractivity contribution in [3.8, 4) is 11.3 Å². The van der Waals surface area contributed by atoms with Crippen molar-refractivity contribution < 1.29 is 13.2 Å². The molecule has 0 saturated carbocycles. The van der Waals surface area contributed by atoms with Gasteiger partial charge in [0.15, 0.2) is 5.13 Å². The molecule has 0 spiro atoms. The van der Waals surface area contributed by atoms with Crippen molar-refractivity contribution in [1.82, 2.24) is 9.29 Å². The fraction of sp³-hybridized carbons (Fsp3) is 0.263. The van der Waals surface area contributed by atoms with Crippen molar-refractivity contribution in [2.24, 2.45) is 5.92 Å². The van der Waals surface area contributed by atoms with Gasteiger partial charge in [-0.15, -0.1) is 22.7 Å². The zero-order chi connectivity index (χ0) is 21.3. The van der Waals surface area contributed by atoms with E-state index in [9.17, 15) is 13.2 Å². The third-order valence-electron chi connectivity index (χ3n) is 4.78. The van der Waals surface area contributed by atoms with E-state index in [0.717, 1.165) is 0 Å². The van der Waals surface area contributed by atoms with Crippen molar-refractivity contribution in [3.63, 3.8) is 0 Å². The molecule has 3 aromatic rings. The quantitative estimate of drug-likeness (QED) is 0.519. The number of amides is 1. The van der Waals surface area contributed by atoms with Crippen LogP contribution in [-0.2, 0) is 14.8 Å². The van der Waals surface area contributed by atoms with Crippen molar-refractivity contribution in [2.75, 3.05) is 18.4 Å². The number of nitrogens with zero attached hydrogens (tertiary/aromatic N) is 2. The first-order valence-corrected chi connectivity index (χ1v) is 13.1. The minimum atomic E-state index is -3.57. The monoisotopic (exact) mass is 501 g/mol. The van der Waals surface area contributed by atoms with Crippen LogP contribution >= 0.6 is 45.9 Å². The van der Waals surface area contributed by atoms with Gasteiger partial charge in [0.25, 0.3) is 10.0 Å². The Kier molecular flexibility index (Phi) is 6.47.